The van der Waals surface area contributed by atoms with Crippen molar-refractivity contribution >= 4 is 0 Å². The van der Waals surface area contributed by atoms with E-state index >= 15 is 0 Å². The van der Waals surface area contributed by atoms with Crippen LogP contribution in [-0.4, -0.2) is 17.8 Å². The number of aliphatic hydroxyl groups excluding tert-OH is 1. The first-order valence-electron chi connectivity index (χ1n) is 4.45. The first-order valence-corrected chi connectivity index (χ1v) is 4.45. The molecule has 1 atom stereocenters. The minimum atomic E-state index is -0.530. The van der Waals surface area contributed by atoms with E-state index in [1.165, 1.54) is 0 Å². The highest BCUT2D eigenvalue weighted by molar-refractivity contribution is 5.27. The van der Waals surface area contributed by atoms with Crippen LogP contribution < -0.4 is 4.74 Å². The lowest BCUT2D eigenvalue weighted by Gasteiger charge is -2.06. The summed E-state index contributed by atoms with van der Waals surface area (Å²) in [6.07, 6.45) is 0.0600. The van der Waals surface area contributed by atoms with Crippen LogP contribution >= 0.6 is 0 Å². The van der Waals surface area contributed by atoms with E-state index in [1.54, 1.807) is 0 Å². The Bertz CT molecular complexity index is 239. The van der Waals surface area contributed by atoms with Gasteiger partial charge in [0, 0.05) is 0 Å². The lowest BCUT2D eigenvalue weighted by atomic mass is 10.1. The maximum absolute atomic E-state index is 9.04. The molecule has 0 aliphatic rings. The fourth-order valence-electron chi connectivity index (χ4n) is 1.16. The Hall–Kier alpha value is -1.02. The van der Waals surface area contributed by atoms with Gasteiger partial charge in [-0.1, -0.05) is 12.1 Å². The molecule has 2 heteroatoms. The molecule has 1 rings (SSSR count). The zero-order valence-electron chi connectivity index (χ0n) is 7.86. The van der Waals surface area contributed by atoms with Gasteiger partial charge in [0.1, 0.15) is 5.75 Å². The Morgan fingerprint density at radius 1 is 1.38 bits per heavy atom. The summed E-state index contributed by atoms with van der Waals surface area (Å²) in [6, 6.07) is 7.70. The van der Waals surface area contributed by atoms with Gasteiger partial charge in [0.25, 0.3) is 0 Å². The normalized spacial score (nSPS) is 12.5. The molecule has 0 fully saturated rings. The van der Waals surface area contributed by atoms with Crippen LogP contribution in [0.15, 0.2) is 24.3 Å². The van der Waals surface area contributed by atoms with E-state index in [4.69, 9.17) is 9.84 Å². The van der Waals surface area contributed by atoms with E-state index in [-0.39, 0.29) is 0 Å². The molecule has 0 heterocycles. The summed E-state index contributed by atoms with van der Waals surface area (Å²) in [5.41, 5.74) is 1.07. The predicted octanol–water partition coefficient (Wildman–Crippen LogP) is 1.82. The number of hydrogen-bond donors (Lipinski definition) is 1. The second-order valence-electron chi connectivity index (χ2n) is 2.93. The van der Waals surface area contributed by atoms with Gasteiger partial charge in [0.05, 0.1) is 12.7 Å². The monoisotopic (exact) mass is 179 g/mol. The van der Waals surface area contributed by atoms with Crippen LogP contribution in [0.25, 0.3) is 0 Å². The lowest BCUT2D eigenvalue weighted by Crippen LogP contribution is -2.04. The second-order valence-corrected chi connectivity index (χ2v) is 2.93. The van der Waals surface area contributed by atoms with E-state index in [0.29, 0.717) is 13.0 Å². The topological polar surface area (TPSA) is 29.5 Å². The van der Waals surface area contributed by atoms with Gasteiger partial charge in [-0.05, 0) is 38.0 Å². The van der Waals surface area contributed by atoms with Crippen molar-refractivity contribution in [2.75, 3.05) is 6.61 Å². The molecule has 71 valence electrons. The number of aliphatic hydroxyl groups is 1. The summed E-state index contributed by atoms with van der Waals surface area (Å²) in [4.78, 5) is 0. The standard InChI is InChI=1S/C11H15O2/c1-3-13-11-6-4-10(5-7-11)8-9(2)12/h4-7,9,12H,2-3,8H2,1H3. The van der Waals surface area contributed by atoms with Crippen LogP contribution in [0.3, 0.4) is 0 Å². The molecule has 0 aliphatic heterocycles. The maximum atomic E-state index is 9.04. The summed E-state index contributed by atoms with van der Waals surface area (Å²) >= 11 is 0. The van der Waals surface area contributed by atoms with Gasteiger partial charge < -0.3 is 9.84 Å². The quantitative estimate of drug-likeness (QED) is 0.764. The molecule has 1 aromatic rings. The number of rotatable bonds is 4. The molecule has 0 amide bonds. The van der Waals surface area contributed by atoms with Crippen LogP contribution in [0, 0.1) is 6.92 Å². The molecule has 0 saturated heterocycles. The van der Waals surface area contributed by atoms with Crippen molar-refractivity contribution in [2.45, 2.75) is 19.4 Å². The number of hydrogen-bond acceptors (Lipinski definition) is 2. The molecule has 0 aliphatic carbocycles. The fourth-order valence-corrected chi connectivity index (χ4v) is 1.16. The summed E-state index contributed by atoms with van der Waals surface area (Å²) < 4.78 is 5.29. The third-order valence-corrected chi connectivity index (χ3v) is 1.71. The fraction of sp³-hybridized carbons (Fsp3) is 0.364. The van der Waals surface area contributed by atoms with Crippen LogP contribution in [0.5, 0.6) is 5.75 Å². The number of ether oxygens (including phenoxy) is 1. The smallest absolute Gasteiger partial charge is 0.119 e. The third-order valence-electron chi connectivity index (χ3n) is 1.71. The molecular weight excluding hydrogens is 164 g/mol. The number of benzene rings is 1. The average molecular weight is 179 g/mol. The van der Waals surface area contributed by atoms with Crippen molar-refractivity contribution in [3.63, 3.8) is 0 Å². The van der Waals surface area contributed by atoms with Crippen LogP contribution in [-0.2, 0) is 6.42 Å². The molecule has 0 aromatic heterocycles. The van der Waals surface area contributed by atoms with Gasteiger partial charge in [0.2, 0.25) is 0 Å². The molecule has 13 heavy (non-hydrogen) atoms. The Labute approximate surface area is 79.2 Å². The summed E-state index contributed by atoms with van der Waals surface area (Å²) in [5, 5.41) is 9.04. The first kappa shape index (κ1) is 10.1. The SMILES string of the molecule is [CH2]C(O)Cc1ccc(OCC)cc1. The van der Waals surface area contributed by atoms with Crippen LogP contribution in [0.2, 0.25) is 0 Å². The minimum Gasteiger partial charge on any atom is -0.494 e. The molecule has 1 unspecified atom stereocenters. The van der Waals surface area contributed by atoms with Crippen molar-refractivity contribution in [1.82, 2.24) is 0 Å². The van der Waals surface area contributed by atoms with Gasteiger partial charge >= 0.3 is 0 Å². The predicted molar refractivity (Wildman–Crippen MR) is 52.7 cm³/mol. The maximum Gasteiger partial charge on any atom is 0.119 e. The third kappa shape index (κ3) is 3.47. The zero-order valence-corrected chi connectivity index (χ0v) is 7.86. The van der Waals surface area contributed by atoms with E-state index < -0.39 is 6.10 Å². The van der Waals surface area contributed by atoms with Crippen molar-refractivity contribution in [2.24, 2.45) is 0 Å². The molecule has 1 radical (unpaired) electrons. The van der Waals surface area contributed by atoms with Gasteiger partial charge in [-0.15, -0.1) is 0 Å². The highest BCUT2D eigenvalue weighted by Crippen LogP contribution is 2.12. The highest BCUT2D eigenvalue weighted by atomic mass is 16.5. The van der Waals surface area contributed by atoms with Gasteiger partial charge in [-0.2, -0.15) is 0 Å². The van der Waals surface area contributed by atoms with Crippen molar-refractivity contribution in [3.05, 3.63) is 36.8 Å². The average Bonchev–Trinajstić information content (AvgIpc) is 2.08. The van der Waals surface area contributed by atoms with Gasteiger partial charge in [0.15, 0.2) is 0 Å². The van der Waals surface area contributed by atoms with Crippen molar-refractivity contribution < 1.29 is 9.84 Å². The molecule has 1 N–H and O–H groups in total. The van der Waals surface area contributed by atoms with Crippen LogP contribution in [0.1, 0.15) is 12.5 Å². The van der Waals surface area contributed by atoms with Gasteiger partial charge in [-0.25, -0.2) is 0 Å². The zero-order chi connectivity index (χ0) is 9.68. The second kappa shape index (κ2) is 4.87. The van der Waals surface area contributed by atoms with Gasteiger partial charge in [-0.3, -0.25) is 0 Å². The molecule has 0 saturated carbocycles. The van der Waals surface area contributed by atoms with E-state index in [9.17, 15) is 0 Å². The first-order chi connectivity index (χ1) is 6.22. The van der Waals surface area contributed by atoms with Crippen LogP contribution in [0.4, 0.5) is 0 Å². The Morgan fingerprint density at radius 2 is 2.00 bits per heavy atom. The van der Waals surface area contributed by atoms with E-state index in [0.717, 1.165) is 11.3 Å². The molecular formula is C11H15O2. The molecule has 2 nitrogen and oxygen atoms in total. The lowest BCUT2D eigenvalue weighted by molar-refractivity contribution is 0.221. The van der Waals surface area contributed by atoms with Crippen molar-refractivity contribution in [3.8, 4) is 5.75 Å². The largest absolute Gasteiger partial charge is 0.494 e. The molecule has 0 spiro atoms. The molecule has 0 bridgehead atoms. The molecule has 1 aromatic carbocycles. The Morgan fingerprint density at radius 3 is 2.46 bits per heavy atom. The van der Waals surface area contributed by atoms with Crippen molar-refractivity contribution in [1.29, 1.82) is 0 Å². The Balaban J connectivity index is 2.59. The summed E-state index contributed by atoms with van der Waals surface area (Å²) in [5.74, 6) is 0.866. The highest BCUT2D eigenvalue weighted by Gasteiger charge is 1.98. The van der Waals surface area contributed by atoms with E-state index in [1.807, 2.05) is 31.2 Å². The summed E-state index contributed by atoms with van der Waals surface area (Å²) in [7, 11) is 0. The summed E-state index contributed by atoms with van der Waals surface area (Å²) in [6.45, 7) is 6.15. The minimum absolute atomic E-state index is 0.530. The van der Waals surface area contributed by atoms with E-state index in [2.05, 4.69) is 6.92 Å². The Kier molecular flexibility index (Phi) is 3.77.